The maximum atomic E-state index is 12.4. The maximum Gasteiger partial charge on any atom is 0.323 e. The number of aryl methyl sites for hydroxylation is 2. The Labute approximate surface area is 156 Å². The summed E-state index contributed by atoms with van der Waals surface area (Å²) < 4.78 is 1.87. The van der Waals surface area contributed by atoms with Gasteiger partial charge in [-0.15, -0.1) is 0 Å². The highest BCUT2D eigenvalue weighted by Crippen LogP contribution is 2.25. The third-order valence-corrected chi connectivity index (χ3v) is 4.33. The average molecular weight is 357 g/mol. The SMILES string of the molecule is Cc1ccc(NC(=O)Nc2cc(-c3cn4cccnc4n3)ccc2C)cc1. The van der Waals surface area contributed by atoms with Crippen LogP contribution in [-0.4, -0.2) is 20.4 Å². The van der Waals surface area contributed by atoms with Gasteiger partial charge in [-0.05, 0) is 43.7 Å². The number of rotatable bonds is 3. The lowest BCUT2D eigenvalue weighted by Crippen LogP contribution is -2.20. The van der Waals surface area contributed by atoms with Gasteiger partial charge in [-0.1, -0.05) is 29.8 Å². The highest BCUT2D eigenvalue weighted by molar-refractivity contribution is 6.00. The van der Waals surface area contributed by atoms with E-state index < -0.39 is 0 Å². The van der Waals surface area contributed by atoms with E-state index in [9.17, 15) is 4.79 Å². The van der Waals surface area contributed by atoms with Gasteiger partial charge in [0.05, 0.1) is 5.69 Å². The van der Waals surface area contributed by atoms with Crippen molar-refractivity contribution < 1.29 is 4.79 Å². The number of carbonyl (C=O) groups excluding carboxylic acids is 1. The molecule has 4 rings (SSSR count). The van der Waals surface area contributed by atoms with E-state index in [2.05, 4.69) is 20.6 Å². The van der Waals surface area contributed by atoms with Crippen molar-refractivity contribution in [1.29, 1.82) is 0 Å². The number of aromatic nitrogens is 3. The molecule has 2 amide bonds. The minimum Gasteiger partial charge on any atom is -0.308 e. The molecular formula is C21H19N5O. The lowest BCUT2D eigenvalue weighted by Gasteiger charge is -2.11. The van der Waals surface area contributed by atoms with Gasteiger partial charge in [-0.25, -0.2) is 14.8 Å². The van der Waals surface area contributed by atoms with Crippen molar-refractivity contribution >= 4 is 23.2 Å². The summed E-state index contributed by atoms with van der Waals surface area (Å²) in [6, 6.07) is 15.1. The molecule has 2 N–H and O–H groups in total. The molecule has 27 heavy (non-hydrogen) atoms. The van der Waals surface area contributed by atoms with Crippen LogP contribution in [0.15, 0.2) is 67.1 Å². The van der Waals surface area contributed by atoms with Gasteiger partial charge in [-0.2, -0.15) is 0 Å². The van der Waals surface area contributed by atoms with Crippen LogP contribution in [0.4, 0.5) is 16.2 Å². The van der Waals surface area contributed by atoms with Crippen LogP contribution in [0, 0.1) is 13.8 Å². The Morgan fingerprint density at radius 1 is 1.04 bits per heavy atom. The smallest absolute Gasteiger partial charge is 0.308 e. The minimum absolute atomic E-state index is 0.282. The normalized spacial score (nSPS) is 10.7. The Hall–Kier alpha value is -3.67. The number of urea groups is 1. The van der Waals surface area contributed by atoms with Crippen LogP contribution in [-0.2, 0) is 0 Å². The van der Waals surface area contributed by atoms with E-state index in [1.807, 2.05) is 79.2 Å². The van der Waals surface area contributed by atoms with Crippen LogP contribution in [0.5, 0.6) is 0 Å². The van der Waals surface area contributed by atoms with Crippen molar-refractivity contribution in [3.63, 3.8) is 0 Å². The Kier molecular flexibility index (Phi) is 4.30. The summed E-state index contributed by atoms with van der Waals surface area (Å²) in [5, 5.41) is 5.76. The molecule has 0 saturated carbocycles. The fourth-order valence-corrected chi connectivity index (χ4v) is 2.81. The summed E-state index contributed by atoms with van der Waals surface area (Å²) in [6.07, 6.45) is 5.54. The predicted octanol–water partition coefficient (Wildman–Crippen LogP) is 4.66. The molecule has 0 saturated heterocycles. The van der Waals surface area contributed by atoms with Gasteiger partial charge in [0.1, 0.15) is 0 Å². The zero-order chi connectivity index (χ0) is 18.8. The summed E-state index contributed by atoms with van der Waals surface area (Å²) >= 11 is 0. The maximum absolute atomic E-state index is 12.4. The Balaban J connectivity index is 1.56. The zero-order valence-electron chi connectivity index (χ0n) is 15.1. The van der Waals surface area contributed by atoms with Gasteiger partial charge in [0, 0.05) is 35.5 Å². The molecule has 0 fully saturated rings. The van der Waals surface area contributed by atoms with Crippen LogP contribution in [0.25, 0.3) is 17.0 Å². The van der Waals surface area contributed by atoms with Gasteiger partial charge < -0.3 is 10.6 Å². The molecule has 134 valence electrons. The molecule has 0 radical (unpaired) electrons. The van der Waals surface area contributed by atoms with Crippen LogP contribution < -0.4 is 10.6 Å². The van der Waals surface area contributed by atoms with Crippen molar-refractivity contribution in [1.82, 2.24) is 14.4 Å². The molecule has 0 bridgehead atoms. The fraction of sp³-hybridized carbons (Fsp3) is 0.0952. The number of benzene rings is 2. The van der Waals surface area contributed by atoms with Crippen LogP contribution in [0.3, 0.4) is 0 Å². The standard InChI is InChI=1S/C21H19N5O/c1-14-4-8-17(9-5-14)23-21(27)25-18-12-16(7-6-15(18)2)19-13-26-11-3-10-22-20(26)24-19/h3-13H,1-2H3,(H2,23,25,27). The number of amides is 2. The lowest BCUT2D eigenvalue weighted by molar-refractivity contribution is 0.262. The summed E-state index contributed by atoms with van der Waals surface area (Å²) in [5.74, 6) is 0.639. The van der Waals surface area contributed by atoms with E-state index in [0.29, 0.717) is 5.78 Å². The van der Waals surface area contributed by atoms with Gasteiger partial charge >= 0.3 is 6.03 Å². The minimum atomic E-state index is -0.282. The molecule has 2 heterocycles. The Morgan fingerprint density at radius 2 is 1.85 bits per heavy atom. The third-order valence-electron chi connectivity index (χ3n) is 4.33. The van der Waals surface area contributed by atoms with E-state index in [0.717, 1.165) is 33.8 Å². The van der Waals surface area contributed by atoms with Crippen LogP contribution in [0.2, 0.25) is 0 Å². The second kappa shape index (κ2) is 6.92. The molecule has 0 spiro atoms. The zero-order valence-corrected chi connectivity index (χ0v) is 15.1. The molecule has 0 unspecified atom stereocenters. The van der Waals surface area contributed by atoms with Crippen molar-refractivity contribution in [3.8, 4) is 11.3 Å². The third kappa shape index (κ3) is 3.64. The first-order chi connectivity index (χ1) is 13.1. The highest BCUT2D eigenvalue weighted by atomic mass is 16.2. The Bertz CT molecular complexity index is 1080. The predicted molar refractivity (Wildman–Crippen MR) is 107 cm³/mol. The lowest BCUT2D eigenvalue weighted by atomic mass is 10.1. The van der Waals surface area contributed by atoms with Crippen molar-refractivity contribution in [2.75, 3.05) is 10.6 Å². The average Bonchev–Trinajstić information content (AvgIpc) is 3.09. The number of imidazole rings is 1. The number of carbonyl (C=O) groups is 1. The number of hydrogen-bond donors (Lipinski definition) is 2. The molecule has 6 nitrogen and oxygen atoms in total. The number of fused-ring (bicyclic) bond motifs is 1. The summed E-state index contributed by atoms with van der Waals surface area (Å²) in [5.41, 5.74) is 5.32. The number of nitrogens with zero attached hydrogens (tertiary/aromatic N) is 3. The molecule has 2 aromatic carbocycles. The van der Waals surface area contributed by atoms with E-state index in [-0.39, 0.29) is 6.03 Å². The largest absolute Gasteiger partial charge is 0.323 e. The number of nitrogens with one attached hydrogen (secondary N) is 2. The topological polar surface area (TPSA) is 71.3 Å². The number of hydrogen-bond acceptors (Lipinski definition) is 3. The summed E-state index contributed by atoms with van der Waals surface area (Å²) in [7, 11) is 0. The molecule has 0 atom stereocenters. The first kappa shape index (κ1) is 16.8. The van der Waals surface area contributed by atoms with Crippen LogP contribution >= 0.6 is 0 Å². The van der Waals surface area contributed by atoms with Gasteiger partial charge in [0.15, 0.2) is 0 Å². The monoisotopic (exact) mass is 357 g/mol. The Morgan fingerprint density at radius 3 is 2.63 bits per heavy atom. The molecule has 0 aliphatic carbocycles. The molecule has 0 aliphatic heterocycles. The molecule has 6 heteroatoms. The van der Waals surface area contributed by atoms with E-state index >= 15 is 0 Å². The summed E-state index contributed by atoms with van der Waals surface area (Å²) in [6.45, 7) is 3.96. The van der Waals surface area contributed by atoms with Gasteiger partial charge in [0.2, 0.25) is 5.78 Å². The van der Waals surface area contributed by atoms with E-state index in [4.69, 9.17) is 0 Å². The first-order valence-electron chi connectivity index (χ1n) is 8.64. The van der Waals surface area contributed by atoms with Gasteiger partial charge in [-0.3, -0.25) is 4.40 Å². The molecule has 4 aromatic rings. The van der Waals surface area contributed by atoms with Crippen molar-refractivity contribution in [2.45, 2.75) is 13.8 Å². The van der Waals surface area contributed by atoms with Crippen LogP contribution in [0.1, 0.15) is 11.1 Å². The van der Waals surface area contributed by atoms with Crippen molar-refractivity contribution in [3.05, 3.63) is 78.2 Å². The van der Waals surface area contributed by atoms with Crippen molar-refractivity contribution in [2.24, 2.45) is 0 Å². The van der Waals surface area contributed by atoms with Gasteiger partial charge in [0.25, 0.3) is 0 Å². The molecule has 0 aliphatic rings. The number of anilines is 2. The second-order valence-electron chi connectivity index (χ2n) is 6.43. The fourth-order valence-electron chi connectivity index (χ4n) is 2.81. The second-order valence-corrected chi connectivity index (χ2v) is 6.43. The van der Waals surface area contributed by atoms with E-state index in [1.165, 1.54) is 0 Å². The summed E-state index contributed by atoms with van der Waals surface area (Å²) in [4.78, 5) is 21.1. The molecule has 2 aromatic heterocycles. The molecular weight excluding hydrogens is 338 g/mol. The highest BCUT2D eigenvalue weighted by Gasteiger charge is 2.10. The van der Waals surface area contributed by atoms with E-state index in [1.54, 1.807) is 6.20 Å². The first-order valence-corrected chi connectivity index (χ1v) is 8.64. The quantitative estimate of drug-likeness (QED) is 0.560.